The molecule has 3 aliphatic rings. The Morgan fingerprint density at radius 3 is 1.69 bits per heavy atom. The fraction of sp³-hybridized carbons (Fsp3) is 0.397. The van der Waals surface area contributed by atoms with E-state index in [0.29, 0.717) is 0 Å². The van der Waals surface area contributed by atoms with Crippen molar-refractivity contribution in [1.29, 1.82) is 0 Å². The van der Waals surface area contributed by atoms with Gasteiger partial charge in [0.1, 0.15) is 0 Å². The van der Waals surface area contributed by atoms with Gasteiger partial charge in [0.2, 0.25) is 0 Å². The number of nitrogens with zero attached hydrogens (tertiary/aromatic N) is 2. The van der Waals surface area contributed by atoms with E-state index in [1.807, 2.05) is 11.3 Å². The van der Waals surface area contributed by atoms with Crippen molar-refractivity contribution in [3.05, 3.63) is 148 Å². The van der Waals surface area contributed by atoms with Crippen molar-refractivity contribution in [2.75, 3.05) is 9.80 Å². The van der Waals surface area contributed by atoms with E-state index < -0.39 is 0 Å². The highest BCUT2D eigenvalue weighted by molar-refractivity contribution is 7.33. The topological polar surface area (TPSA) is 6.48 Å². The molecule has 7 aromatic rings. The zero-order valence-corrected chi connectivity index (χ0v) is 44.5. The molecular weight excluding hydrogens is 828 g/mol. The fourth-order valence-corrected chi connectivity index (χ4v) is 12.7. The van der Waals surface area contributed by atoms with Gasteiger partial charge in [-0.3, -0.25) is 0 Å². The summed E-state index contributed by atoms with van der Waals surface area (Å²) in [6.07, 6.45) is 2.37. The summed E-state index contributed by atoms with van der Waals surface area (Å²) in [7, 11) is 0. The molecule has 0 saturated carbocycles. The van der Waals surface area contributed by atoms with Crippen LogP contribution in [0.4, 0.5) is 34.1 Å². The molecule has 0 bridgehead atoms. The van der Waals surface area contributed by atoms with E-state index >= 15 is 0 Å². The Hall–Kier alpha value is -5.06. The molecule has 0 radical (unpaired) electrons. The average molecular weight is 901 g/mol. The van der Waals surface area contributed by atoms with Crippen LogP contribution in [0.2, 0.25) is 0 Å². The van der Waals surface area contributed by atoms with E-state index in [4.69, 9.17) is 0 Å². The second kappa shape index (κ2) is 15.0. The number of fused-ring (bicyclic) bond motifs is 7. The molecule has 0 saturated heterocycles. The van der Waals surface area contributed by atoms with E-state index in [1.165, 1.54) is 123 Å². The Kier molecular flexibility index (Phi) is 10.2. The number of anilines is 6. The predicted molar refractivity (Wildman–Crippen MR) is 296 cm³/mol. The van der Waals surface area contributed by atoms with Crippen molar-refractivity contribution >= 4 is 78.0 Å². The summed E-state index contributed by atoms with van der Waals surface area (Å²) < 4.78 is 2.79. The van der Waals surface area contributed by atoms with Crippen LogP contribution in [0.15, 0.2) is 109 Å². The minimum Gasteiger partial charge on any atom is -0.311 e. The van der Waals surface area contributed by atoms with E-state index in [2.05, 4.69) is 237 Å². The lowest BCUT2D eigenvalue weighted by molar-refractivity contribution is 0.332. The van der Waals surface area contributed by atoms with Gasteiger partial charge in [0.05, 0.1) is 5.69 Å². The number of aryl methyl sites for hydroxylation is 1. The van der Waals surface area contributed by atoms with Crippen LogP contribution in [0.3, 0.4) is 0 Å². The molecule has 344 valence electrons. The molecule has 4 heteroatoms. The number of hydrogen-bond donors (Lipinski definition) is 0. The van der Waals surface area contributed by atoms with Gasteiger partial charge >= 0.3 is 0 Å². The number of benzene rings is 6. The van der Waals surface area contributed by atoms with Crippen LogP contribution >= 0.6 is 11.3 Å². The molecule has 1 aromatic heterocycles. The maximum absolute atomic E-state index is 2.71. The third kappa shape index (κ3) is 7.51. The van der Waals surface area contributed by atoms with Gasteiger partial charge in [-0.05, 0) is 162 Å². The Bertz CT molecular complexity index is 3120. The molecule has 0 spiro atoms. The quantitative estimate of drug-likeness (QED) is 0.163. The lowest BCUT2D eigenvalue weighted by Gasteiger charge is -2.45. The summed E-state index contributed by atoms with van der Waals surface area (Å²) in [5.74, 6) is 0. The third-order valence-electron chi connectivity index (χ3n) is 15.9. The zero-order valence-electron chi connectivity index (χ0n) is 43.7. The molecular formula is C63H73BN2S. The van der Waals surface area contributed by atoms with Crippen LogP contribution < -0.4 is 25.5 Å². The summed E-state index contributed by atoms with van der Waals surface area (Å²) in [4.78, 5) is 5.39. The summed E-state index contributed by atoms with van der Waals surface area (Å²) >= 11 is 2.02. The van der Waals surface area contributed by atoms with E-state index in [0.717, 1.165) is 0 Å². The lowest BCUT2D eigenvalue weighted by atomic mass is 9.36. The highest BCUT2D eigenvalue weighted by atomic mass is 32.1. The Labute approximate surface area is 407 Å². The molecule has 0 fully saturated rings. The van der Waals surface area contributed by atoms with Gasteiger partial charge in [-0.2, -0.15) is 0 Å². The monoisotopic (exact) mass is 901 g/mol. The predicted octanol–water partition coefficient (Wildman–Crippen LogP) is 16.5. The molecule has 6 aromatic carbocycles. The summed E-state index contributed by atoms with van der Waals surface area (Å²) in [5.41, 5.74) is 22.7. The van der Waals surface area contributed by atoms with Crippen molar-refractivity contribution in [3.63, 3.8) is 0 Å². The van der Waals surface area contributed by atoms with Gasteiger partial charge in [0.15, 0.2) is 0 Å². The molecule has 0 unspecified atom stereocenters. The normalized spacial score (nSPS) is 16.5. The second-order valence-corrected chi connectivity index (χ2v) is 27.0. The minimum atomic E-state index is -0.0453. The molecule has 3 heterocycles. The first-order valence-electron chi connectivity index (χ1n) is 25.0. The van der Waals surface area contributed by atoms with Crippen LogP contribution in [-0.4, -0.2) is 6.71 Å². The van der Waals surface area contributed by atoms with Gasteiger partial charge in [0, 0.05) is 43.3 Å². The largest absolute Gasteiger partial charge is 0.311 e. The maximum Gasteiger partial charge on any atom is 0.264 e. The van der Waals surface area contributed by atoms with Crippen LogP contribution in [0.5, 0.6) is 0 Å². The second-order valence-electron chi connectivity index (χ2n) is 25.9. The van der Waals surface area contributed by atoms with Crippen molar-refractivity contribution in [1.82, 2.24) is 0 Å². The SMILES string of the molecule is Cc1ccccc1-c1cc2c3c(c1)N(c1ccc4c(c1)C(C)(C)CCC4(C)C)c1c(sc4cc(C(C)(C)C)ccc14)B3c1ccc(C(C)(C)C)cc1N2c1cc(C(C)(C)C)cc(C(C)(C)C)c1. The number of hydrogen-bond acceptors (Lipinski definition) is 3. The molecule has 67 heavy (non-hydrogen) atoms. The van der Waals surface area contributed by atoms with Gasteiger partial charge in [-0.25, -0.2) is 0 Å². The Balaban J connectivity index is 1.38. The van der Waals surface area contributed by atoms with Crippen LogP contribution in [0.25, 0.3) is 21.2 Å². The first-order chi connectivity index (χ1) is 31.1. The van der Waals surface area contributed by atoms with Crippen molar-refractivity contribution in [3.8, 4) is 11.1 Å². The van der Waals surface area contributed by atoms with Crippen LogP contribution in [-0.2, 0) is 32.5 Å². The van der Waals surface area contributed by atoms with Gasteiger partial charge in [-0.15, -0.1) is 11.3 Å². The zero-order chi connectivity index (χ0) is 48.1. The Morgan fingerprint density at radius 2 is 1.07 bits per heavy atom. The van der Waals surface area contributed by atoms with E-state index in [1.54, 1.807) is 0 Å². The van der Waals surface area contributed by atoms with E-state index in [9.17, 15) is 0 Å². The summed E-state index contributed by atoms with van der Waals surface area (Å²) in [6.45, 7) is 40.4. The van der Waals surface area contributed by atoms with Gasteiger partial charge < -0.3 is 9.80 Å². The molecule has 0 amide bonds. The van der Waals surface area contributed by atoms with Crippen molar-refractivity contribution < 1.29 is 0 Å². The highest BCUT2D eigenvalue weighted by Gasteiger charge is 2.47. The molecule has 10 rings (SSSR count). The highest BCUT2D eigenvalue weighted by Crippen LogP contribution is 2.53. The fourth-order valence-electron chi connectivity index (χ4n) is 11.3. The smallest absolute Gasteiger partial charge is 0.264 e. The molecule has 0 atom stereocenters. The van der Waals surface area contributed by atoms with Crippen LogP contribution in [0.1, 0.15) is 163 Å². The first-order valence-corrected chi connectivity index (χ1v) is 25.8. The summed E-state index contributed by atoms with van der Waals surface area (Å²) in [5, 5.41) is 1.33. The molecule has 1 aliphatic carbocycles. The van der Waals surface area contributed by atoms with Crippen molar-refractivity contribution in [2.45, 2.75) is 163 Å². The van der Waals surface area contributed by atoms with Crippen LogP contribution in [0, 0.1) is 6.92 Å². The van der Waals surface area contributed by atoms with E-state index in [-0.39, 0.29) is 39.2 Å². The van der Waals surface area contributed by atoms with Crippen molar-refractivity contribution in [2.24, 2.45) is 0 Å². The van der Waals surface area contributed by atoms with Gasteiger partial charge in [0.25, 0.3) is 6.71 Å². The average Bonchev–Trinajstić information content (AvgIpc) is 3.62. The molecule has 2 nitrogen and oxygen atoms in total. The summed E-state index contributed by atoms with van der Waals surface area (Å²) in [6, 6.07) is 43.9. The maximum atomic E-state index is 2.71. The lowest BCUT2D eigenvalue weighted by Crippen LogP contribution is -2.60. The Morgan fingerprint density at radius 1 is 0.507 bits per heavy atom. The molecule has 0 N–H and O–H groups in total. The molecule has 2 aliphatic heterocycles. The minimum absolute atomic E-state index is 0.0304. The van der Waals surface area contributed by atoms with Gasteiger partial charge in [-0.1, -0.05) is 171 Å². The standard InChI is InChI=1S/C63H73BN2S/c1-38-20-18-19-21-46(38)39-30-52-55-53(31-39)66(44-24-26-48-49(37-44)63(16,17)29-28-62(48,14)15)56-47-25-22-41(59(5,6)7)36-54(47)67-57(56)64(55)50-27-23-40(58(2,3)4)35-51(50)65(52)45-33-42(60(8,9)10)32-43(34-45)61(11,12)13/h18-27,30-37H,28-29H2,1-17H3. The number of thiophene rings is 1. The first kappa shape index (κ1) is 45.7. The third-order valence-corrected chi connectivity index (χ3v) is 17.1. The number of rotatable bonds is 3.